The van der Waals surface area contributed by atoms with Crippen molar-refractivity contribution in [3.63, 3.8) is 0 Å². The van der Waals surface area contributed by atoms with Crippen LogP contribution in [0.1, 0.15) is 46.5 Å². The van der Waals surface area contributed by atoms with Gasteiger partial charge >= 0.3 is 12.1 Å². The van der Waals surface area contributed by atoms with Crippen molar-refractivity contribution < 1.29 is 24.2 Å². The highest BCUT2D eigenvalue weighted by atomic mass is 32.1. The lowest BCUT2D eigenvalue weighted by Gasteiger charge is -2.14. The molecule has 4 rings (SSSR count). The van der Waals surface area contributed by atoms with Gasteiger partial charge in [-0.2, -0.15) is 0 Å². The summed E-state index contributed by atoms with van der Waals surface area (Å²) < 4.78 is 5.49. The van der Waals surface area contributed by atoms with Gasteiger partial charge in [-0.3, -0.25) is 14.9 Å². The summed E-state index contributed by atoms with van der Waals surface area (Å²) in [6.45, 7) is 1.91. The normalized spacial score (nSPS) is 13.0. The van der Waals surface area contributed by atoms with Gasteiger partial charge in [0, 0.05) is 18.4 Å². The standard InChI is InChI=1S/C24H23N3O5S/c1-14(10-11-21(28)29)26-22(30)20-12-25-23(33-20)27-24(31)32-13-19-17-8-4-2-6-15(17)16-7-3-5-9-18(16)19/h2-9,12,14,19H,10-11,13H2,1H3,(H,26,30)(H,28,29)(H,25,27,31). The van der Waals surface area contributed by atoms with Gasteiger partial charge in [0.15, 0.2) is 5.13 Å². The van der Waals surface area contributed by atoms with Crippen LogP contribution in [0.3, 0.4) is 0 Å². The molecular formula is C24H23N3O5S. The Labute approximate surface area is 194 Å². The number of hydrogen-bond donors (Lipinski definition) is 3. The van der Waals surface area contributed by atoms with Gasteiger partial charge in [0.05, 0.1) is 6.20 Å². The average molecular weight is 466 g/mol. The van der Waals surface area contributed by atoms with E-state index in [1.54, 1.807) is 6.92 Å². The van der Waals surface area contributed by atoms with E-state index in [9.17, 15) is 14.4 Å². The zero-order valence-electron chi connectivity index (χ0n) is 17.9. The van der Waals surface area contributed by atoms with Crippen LogP contribution in [0.15, 0.2) is 54.7 Å². The predicted molar refractivity (Wildman–Crippen MR) is 125 cm³/mol. The predicted octanol–water partition coefficient (Wildman–Crippen LogP) is 4.49. The third-order valence-electron chi connectivity index (χ3n) is 5.45. The molecule has 1 unspecified atom stereocenters. The highest BCUT2D eigenvalue weighted by Crippen LogP contribution is 2.44. The summed E-state index contributed by atoms with van der Waals surface area (Å²) >= 11 is 1.02. The zero-order valence-corrected chi connectivity index (χ0v) is 18.7. The molecular weight excluding hydrogens is 442 g/mol. The zero-order chi connectivity index (χ0) is 23.4. The molecule has 1 heterocycles. The van der Waals surface area contributed by atoms with Crippen molar-refractivity contribution in [1.82, 2.24) is 10.3 Å². The number of amides is 2. The van der Waals surface area contributed by atoms with E-state index in [4.69, 9.17) is 9.84 Å². The molecule has 33 heavy (non-hydrogen) atoms. The van der Waals surface area contributed by atoms with E-state index in [1.807, 2.05) is 36.4 Å². The molecule has 0 fully saturated rings. The number of benzene rings is 2. The van der Waals surface area contributed by atoms with Gasteiger partial charge in [-0.05, 0) is 35.6 Å². The number of ether oxygens (including phenoxy) is 1. The minimum Gasteiger partial charge on any atom is -0.481 e. The summed E-state index contributed by atoms with van der Waals surface area (Å²) in [6.07, 6.45) is 1.01. The number of aromatic nitrogens is 1. The molecule has 0 spiro atoms. The molecule has 0 aliphatic heterocycles. The Morgan fingerprint density at radius 2 is 1.73 bits per heavy atom. The summed E-state index contributed by atoms with van der Waals surface area (Å²) in [5.74, 6) is -1.33. The SMILES string of the molecule is CC(CCC(=O)O)NC(=O)c1cnc(NC(=O)OCC2c3ccccc3-c3ccccc32)s1. The number of fused-ring (bicyclic) bond motifs is 3. The first-order valence-corrected chi connectivity index (χ1v) is 11.3. The molecule has 8 nitrogen and oxygen atoms in total. The van der Waals surface area contributed by atoms with Crippen molar-refractivity contribution in [2.24, 2.45) is 0 Å². The van der Waals surface area contributed by atoms with Crippen LogP contribution in [0.4, 0.5) is 9.93 Å². The Balaban J connectivity index is 1.33. The van der Waals surface area contributed by atoms with E-state index in [2.05, 4.69) is 27.8 Å². The molecule has 0 saturated carbocycles. The van der Waals surface area contributed by atoms with Crippen LogP contribution in [0.2, 0.25) is 0 Å². The fourth-order valence-corrected chi connectivity index (χ4v) is 4.57. The molecule has 2 aromatic carbocycles. The topological polar surface area (TPSA) is 118 Å². The molecule has 3 N–H and O–H groups in total. The van der Waals surface area contributed by atoms with Crippen molar-refractivity contribution >= 4 is 34.4 Å². The van der Waals surface area contributed by atoms with Gasteiger partial charge in [0.25, 0.3) is 5.91 Å². The first-order valence-electron chi connectivity index (χ1n) is 10.5. The number of aliphatic carboxylic acids is 1. The maximum Gasteiger partial charge on any atom is 0.413 e. The van der Waals surface area contributed by atoms with Gasteiger partial charge in [-0.25, -0.2) is 9.78 Å². The Morgan fingerprint density at radius 3 is 2.36 bits per heavy atom. The second-order valence-electron chi connectivity index (χ2n) is 7.79. The molecule has 9 heteroatoms. The lowest BCUT2D eigenvalue weighted by Crippen LogP contribution is -2.32. The summed E-state index contributed by atoms with van der Waals surface area (Å²) in [6, 6.07) is 15.9. The third-order valence-corrected chi connectivity index (χ3v) is 6.36. The summed E-state index contributed by atoms with van der Waals surface area (Å²) in [5, 5.41) is 14.3. The monoisotopic (exact) mass is 465 g/mol. The fourth-order valence-electron chi connectivity index (χ4n) is 3.87. The number of carboxylic acid groups (broad SMARTS) is 1. The van der Waals surface area contributed by atoms with E-state index in [1.165, 1.54) is 6.20 Å². The smallest absolute Gasteiger partial charge is 0.413 e. The Kier molecular flexibility index (Phi) is 6.69. The van der Waals surface area contributed by atoms with E-state index in [0.717, 1.165) is 33.6 Å². The van der Waals surface area contributed by atoms with Gasteiger partial charge in [-0.1, -0.05) is 59.9 Å². The van der Waals surface area contributed by atoms with Crippen molar-refractivity contribution in [2.75, 3.05) is 11.9 Å². The van der Waals surface area contributed by atoms with Crippen LogP contribution < -0.4 is 10.6 Å². The number of carboxylic acids is 1. The first kappa shape index (κ1) is 22.5. The summed E-state index contributed by atoms with van der Waals surface area (Å²) in [7, 11) is 0. The second-order valence-corrected chi connectivity index (χ2v) is 8.82. The first-order chi connectivity index (χ1) is 15.9. The molecule has 170 valence electrons. The van der Waals surface area contributed by atoms with Crippen LogP contribution in [0, 0.1) is 0 Å². The van der Waals surface area contributed by atoms with Crippen LogP contribution in [0.5, 0.6) is 0 Å². The molecule has 1 aliphatic carbocycles. The number of hydrogen-bond acceptors (Lipinski definition) is 6. The third kappa shape index (κ3) is 5.20. The highest BCUT2D eigenvalue weighted by molar-refractivity contribution is 7.17. The van der Waals surface area contributed by atoms with Gasteiger partial charge < -0.3 is 15.2 Å². The van der Waals surface area contributed by atoms with E-state index in [-0.39, 0.29) is 36.0 Å². The maximum absolute atomic E-state index is 12.4. The van der Waals surface area contributed by atoms with Crippen molar-refractivity contribution in [2.45, 2.75) is 31.7 Å². The number of rotatable bonds is 8. The van der Waals surface area contributed by atoms with Crippen molar-refractivity contribution in [3.8, 4) is 11.1 Å². The Bertz CT molecular complexity index is 1150. The summed E-state index contributed by atoms with van der Waals surface area (Å²) in [5.41, 5.74) is 4.54. The molecule has 0 bridgehead atoms. The molecule has 1 aromatic heterocycles. The maximum atomic E-state index is 12.4. The van der Waals surface area contributed by atoms with Gasteiger partial charge in [0.1, 0.15) is 11.5 Å². The van der Waals surface area contributed by atoms with Crippen LogP contribution in [0.25, 0.3) is 11.1 Å². The number of carbonyl (C=O) groups excluding carboxylic acids is 2. The quantitative estimate of drug-likeness (QED) is 0.451. The van der Waals surface area contributed by atoms with Crippen LogP contribution in [-0.2, 0) is 9.53 Å². The Hall–Kier alpha value is -3.72. The Morgan fingerprint density at radius 1 is 1.09 bits per heavy atom. The molecule has 0 saturated heterocycles. The van der Waals surface area contributed by atoms with Gasteiger partial charge in [-0.15, -0.1) is 0 Å². The van der Waals surface area contributed by atoms with E-state index < -0.39 is 12.1 Å². The fraction of sp³-hybridized carbons (Fsp3) is 0.250. The van der Waals surface area contributed by atoms with Gasteiger partial charge in [0.2, 0.25) is 0 Å². The second kappa shape index (κ2) is 9.83. The average Bonchev–Trinajstić information content (AvgIpc) is 3.39. The molecule has 2 amide bonds. The number of carbonyl (C=O) groups is 3. The number of nitrogens with zero attached hydrogens (tertiary/aromatic N) is 1. The van der Waals surface area contributed by atoms with E-state index >= 15 is 0 Å². The number of nitrogens with one attached hydrogen (secondary N) is 2. The van der Waals surface area contributed by atoms with Crippen molar-refractivity contribution in [3.05, 3.63) is 70.7 Å². The van der Waals surface area contributed by atoms with E-state index in [0.29, 0.717) is 11.3 Å². The van der Waals surface area contributed by atoms with Crippen LogP contribution in [-0.4, -0.2) is 40.7 Å². The number of thiazole rings is 1. The minimum atomic E-state index is -0.913. The van der Waals surface area contributed by atoms with Crippen LogP contribution >= 0.6 is 11.3 Å². The molecule has 1 atom stereocenters. The largest absolute Gasteiger partial charge is 0.481 e. The minimum absolute atomic E-state index is 0.0290. The molecule has 0 radical (unpaired) electrons. The lowest BCUT2D eigenvalue weighted by molar-refractivity contribution is -0.137. The molecule has 3 aromatic rings. The summed E-state index contributed by atoms with van der Waals surface area (Å²) in [4.78, 5) is 39.7. The molecule has 1 aliphatic rings. The highest BCUT2D eigenvalue weighted by Gasteiger charge is 2.29. The van der Waals surface area contributed by atoms with Crippen molar-refractivity contribution in [1.29, 1.82) is 0 Å². The lowest BCUT2D eigenvalue weighted by atomic mass is 9.98. The number of anilines is 1.